The summed E-state index contributed by atoms with van der Waals surface area (Å²) in [6.45, 7) is -2.04. The van der Waals surface area contributed by atoms with Gasteiger partial charge in [0, 0.05) is 17.1 Å². The van der Waals surface area contributed by atoms with E-state index >= 15 is 0 Å². The average molecular weight is 239 g/mol. The molecule has 1 heterocycles. The van der Waals surface area contributed by atoms with Gasteiger partial charge in [-0.2, -0.15) is 0 Å². The second kappa shape index (κ2) is 4.95. The Kier molecular flexibility index (Phi) is 3.37. The lowest BCUT2D eigenvalue weighted by atomic mass is 10.1. The summed E-state index contributed by atoms with van der Waals surface area (Å²) in [6, 6.07) is 6.68. The number of alkyl halides is 2. The van der Waals surface area contributed by atoms with E-state index in [4.69, 9.17) is 0 Å². The predicted octanol–water partition coefficient (Wildman–Crippen LogP) is 2.63. The first-order valence-corrected chi connectivity index (χ1v) is 5.14. The van der Waals surface area contributed by atoms with Crippen LogP contribution in [0.2, 0.25) is 0 Å². The van der Waals surface area contributed by atoms with Crippen LogP contribution in [-0.4, -0.2) is 30.4 Å². The fourth-order valence-electron chi connectivity index (χ4n) is 1.50. The Labute approximate surface area is 96.4 Å². The summed E-state index contributed by atoms with van der Waals surface area (Å²) in [7, 11) is 0. The zero-order chi connectivity index (χ0) is 12.3. The number of ether oxygens (including phenoxy) is 1. The summed E-state index contributed by atoms with van der Waals surface area (Å²) in [5.41, 5.74) is 1.16. The van der Waals surface area contributed by atoms with Crippen molar-refractivity contribution in [2.75, 3.05) is 13.3 Å². The summed E-state index contributed by atoms with van der Waals surface area (Å²) in [6.07, 6.45) is 0.426. The maximum Gasteiger partial charge on any atom is 0.338 e. The minimum absolute atomic E-state index is 0.281. The SMILES string of the molecule is O=C(OC(CF)CF)c1ccc2[nH]ccc2c1. The van der Waals surface area contributed by atoms with Crippen LogP contribution in [0.25, 0.3) is 10.9 Å². The standard InChI is InChI=1S/C12H11F2NO2/c13-6-10(7-14)17-12(16)9-1-2-11-8(5-9)3-4-15-11/h1-5,10,15H,6-7H2. The lowest BCUT2D eigenvalue weighted by Crippen LogP contribution is -2.22. The molecule has 3 nitrogen and oxygen atoms in total. The molecule has 1 aromatic heterocycles. The smallest absolute Gasteiger partial charge is 0.338 e. The lowest BCUT2D eigenvalue weighted by Gasteiger charge is -2.10. The monoisotopic (exact) mass is 239 g/mol. The van der Waals surface area contributed by atoms with Crippen molar-refractivity contribution in [3.63, 3.8) is 0 Å². The van der Waals surface area contributed by atoms with Gasteiger partial charge in [-0.15, -0.1) is 0 Å². The van der Waals surface area contributed by atoms with Gasteiger partial charge in [0.25, 0.3) is 0 Å². The third-order valence-corrected chi connectivity index (χ3v) is 2.41. The molecule has 0 unspecified atom stereocenters. The summed E-state index contributed by atoms with van der Waals surface area (Å²) in [4.78, 5) is 14.5. The maximum atomic E-state index is 12.2. The summed E-state index contributed by atoms with van der Waals surface area (Å²) in [5.74, 6) is -0.714. The Balaban J connectivity index is 2.18. The fourth-order valence-corrected chi connectivity index (χ4v) is 1.50. The molecule has 0 aliphatic carbocycles. The molecule has 0 aliphatic rings. The van der Waals surface area contributed by atoms with Gasteiger partial charge in [0.15, 0.2) is 6.10 Å². The molecule has 0 saturated carbocycles. The van der Waals surface area contributed by atoms with Crippen LogP contribution >= 0.6 is 0 Å². The molecule has 0 spiro atoms. The Hall–Kier alpha value is -1.91. The van der Waals surface area contributed by atoms with Gasteiger partial charge < -0.3 is 9.72 Å². The zero-order valence-electron chi connectivity index (χ0n) is 8.95. The van der Waals surface area contributed by atoms with Gasteiger partial charge in [0.05, 0.1) is 5.56 Å². The van der Waals surface area contributed by atoms with E-state index in [1.165, 1.54) is 0 Å². The molecule has 0 aliphatic heterocycles. The van der Waals surface area contributed by atoms with Crippen molar-refractivity contribution in [1.29, 1.82) is 0 Å². The molecule has 17 heavy (non-hydrogen) atoms. The molecule has 0 bridgehead atoms. The van der Waals surface area contributed by atoms with Gasteiger partial charge in [-0.25, -0.2) is 13.6 Å². The number of rotatable bonds is 4. The molecule has 0 saturated heterocycles. The Morgan fingerprint density at radius 3 is 2.76 bits per heavy atom. The van der Waals surface area contributed by atoms with Crippen molar-refractivity contribution in [2.45, 2.75) is 6.10 Å². The Morgan fingerprint density at radius 1 is 1.29 bits per heavy atom. The summed E-state index contributed by atoms with van der Waals surface area (Å²) in [5, 5.41) is 0.844. The van der Waals surface area contributed by atoms with Crippen LogP contribution in [0, 0.1) is 0 Å². The summed E-state index contributed by atoms with van der Waals surface area (Å²) < 4.78 is 29.1. The number of benzene rings is 1. The molecular formula is C12H11F2NO2. The van der Waals surface area contributed by atoms with Crippen LogP contribution in [-0.2, 0) is 4.74 Å². The Bertz CT molecular complexity index is 520. The molecule has 2 rings (SSSR count). The number of esters is 1. The Morgan fingerprint density at radius 2 is 2.06 bits per heavy atom. The molecule has 1 N–H and O–H groups in total. The number of aromatic amines is 1. The topological polar surface area (TPSA) is 42.1 Å². The summed E-state index contributed by atoms with van der Waals surface area (Å²) >= 11 is 0. The van der Waals surface area contributed by atoms with Crippen LogP contribution in [0.15, 0.2) is 30.5 Å². The molecule has 0 radical (unpaired) electrons. The van der Waals surface area contributed by atoms with E-state index in [0.717, 1.165) is 10.9 Å². The van der Waals surface area contributed by atoms with Gasteiger partial charge in [-0.05, 0) is 24.3 Å². The number of carbonyl (C=O) groups excluding carboxylic acids is 1. The van der Waals surface area contributed by atoms with Crippen LogP contribution in [0.5, 0.6) is 0 Å². The minimum atomic E-state index is -1.32. The second-order valence-corrected chi connectivity index (χ2v) is 3.62. The van der Waals surface area contributed by atoms with Gasteiger partial charge in [-0.3, -0.25) is 0 Å². The highest BCUT2D eigenvalue weighted by molar-refractivity contribution is 5.94. The number of fused-ring (bicyclic) bond motifs is 1. The average Bonchev–Trinajstić information content (AvgIpc) is 2.82. The van der Waals surface area contributed by atoms with Crippen molar-refractivity contribution in [3.8, 4) is 0 Å². The highest BCUT2D eigenvalue weighted by Gasteiger charge is 2.16. The molecule has 0 fully saturated rings. The van der Waals surface area contributed by atoms with Crippen LogP contribution < -0.4 is 0 Å². The maximum absolute atomic E-state index is 12.2. The van der Waals surface area contributed by atoms with Crippen LogP contribution in [0.1, 0.15) is 10.4 Å². The van der Waals surface area contributed by atoms with E-state index in [-0.39, 0.29) is 5.56 Å². The number of aromatic nitrogens is 1. The van der Waals surface area contributed by atoms with Gasteiger partial charge in [0.1, 0.15) is 13.3 Å². The molecular weight excluding hydrogens is 228 g/mol. The first kappa shape index (κ1) is 11.6. The minimum Gasteiger partial charge on any atom is -0.453 e. The van der Waals surface area contributed by atoms with Crippen molar-refractivity contribution in [3.05, 3.63) is 36.0 Å². The van der Waals surface area contributed by atoms with Crippen molar-refractivity contribution >= 4 is 16.9 Å². The van der Waals surface area contributed by atoms with Crippen molar-refractivity contribution in [1.82, 2.24) is 4.98 Å². The molecule has 90 valence electrons. The number of nitrogens with one attached hydrogen (secondary N) is 1. The van der Waals surface area contributed by atoms with E-state index in [1.54, 1.807) is 30.5 Å². The highest BCUT2D eigenvalue weighted by atomic mass is 19.1. The number of H-pyrrole nitrogens is 1. The molecule has 5 heteroatoms. The number of halogens is 2. The second-order valence-electron chi connectivity index (χ2n) is 3.62. The zero-order valence-corrected chi connectivity index (χ0v) is 8.95. The van der Waals surface area contributed by atoms with Gasteiger partial charge >= 0.3 is 5.97 Å². The predicted molar refractivity (Wildman–Crippen MR) is 59.5 cm³/mol. The quantitative estimate of drug-likeness (QED) is 0.833. The van der Waals surface area contributed by atoms with Gasteiger partial charge in [0.2, 0.25) is 0 Å². The third kappa shape index (κ3) is 2.43. The third-order valence-electron chi connectivity index (χ3n) is 2.41. The molecule has 0 atom stereocenters. The van der Waals surface area contributed by atoms with E-state index in [0.29, 0.717) is 0 Å². The van der Waals surface area contributed by atoms with E-state index in [2.05, 4.69) is 9.72 Å². The van der Waals surface area contributed by atoms with E-state index in [1.807, 2.05) is 0 Å². The molecule has 0 amide bonds. The molecule has 1 aromatic carbocycles. The van der Waals surface area contributed by atoms with Crippen molar-refractivity contribution in [2.24, 2.45) is 0 Å². The normalized spacial score (nSPS) is 11.0. The first-order valence-electron chi connectivity index (χ1n) is 5.14. The van der Waals surface area contributed by atoms with Crippen LogP contribution in [0.4, 0.5) is 8.78 Å². The number of carbonyl (C=O) groups is 1. The molecule has 2 aromatic rings. The van der Waals surface area contributed by atoms with Crippen LogP contribution in [0.3, 0.4) is 0 Å². The van der Waals surface area contributed by atoms with Gasteiger partial charge in [-0.1, -0.05) is 0 Å². The fraction of sp³-hybridized carbons (Fsp3) is 0.250. The largest absolute Gasteiger partial charge is 0.453 e. The van der Waals surface area contributed by atoms with Crippen molar-refractivity contribution < 1.29 is 18.3 Å². The number of hydrogen-bond acceptors (Lipinski definition) is 2. The lowest BCUT2D eigenvalue weighted by molar-refractivity contribution is 0.0173. The van der Waals surface area contributed by atoms with E-state index in [9.17, 15) is 13.6 Å². The van der Waals surface area contributed by atoms with E-state index < -0.39 is 25.4 Å². The highest BCUT2D eigenvalue weighted by Crippen LogP contribution is 2.15. The first-order chi connectivity index (χ1) is 8.24. The number of hydrogen-bond donors (Lipinski definition) is 1.